The highest BCUT2D eigenvalue weighted by Crippen LogP contribution is 2.21. The van der Waals surface area contributed by atoms with Gasteiger partial charge in [0.1, 0.15) is 11.6 Å². The number of hydrogen-bond donors (Lipinski definition) is 1. The topological polar surface area (TPSA) is 71.5 Å². The molecule has 1 aromatic heterocycles. The van der Waals surface area contributed by atoms with Crippen LogP contribution in [-0.4, -0.2) is 40.1 Å². The molecule has 0 spiro atoms. The fraction of sp³-hybridized carbons (Fsp3) is 0.562. The van der Waals surface area contributed by atoms with Gasteiger partial charge in [-0.05, 0) is 45.2 Å². The number of likely N-dealkylation sites (tertiary alicyclic amines) is 1. The summed E-state index contributed by atoms with van der Waals surface area (Å²) in [6, 6.07) is 3.27. The van der Waals surface area contributed by atoms with Crippen molar-refractivity contribution in [1.29, 1.82) is 0 Å². The number of amides is 2. The first-order chi connectivity index (χ1) is 10.4. The molecule has 2 amide bonds. The number of hydrogen-bond acceptors (Lipinski definition) is 4. The minimum atomic E-state index is -0.559. The van der Waals surface area contributed by atoms with Crippen molar-refractivity contribution >= 4 is 12.0 Å². The molecule has 0 bridgehead atoms. The predicted molar refractivity (Wildman–Crippen MR) is 82.0 cm³/mol. The molecule has 0 radical (unpaired) electrons. The Morgan fingerprint density at radius 3 is 2.86 bits per heavy atom. The standard InChI is InChI=1S/C16H23N3O3/c1-16(2,3)22-15(21)19-9-5-7-13(19)14(20)18-11-12-6-4-8-17-10-12/h4,6,8,10,13H,5,7,9,11H2,1-3H3,(H,18,20)/t13-/m0/s1. The maximum absolute atomic E-state index is 12.3. The zero-order valence-electron chi connectivity index (χ0n) is 13.3. The Morgan fingerprint density at radius 1 is 1.45 bits per heavy atom. The van der Waals surface area contributed by atoms with E-state index in [4.69, 9.17) is 4.74 Å². The first-order valence-electron chi connectivity index (χ1n) is 7.53. The summed E-state index contributed by atoms with van der Waals surface area (Å²) in [5.41, 5.74) is 0.369. The molecule has 1 N–H and O–H groups in total. The van der Waals surface area contributed by atoms with Crippen LogP contribution in [-0.2, 0) is 16.1 Å². The molecule has 1 saturated heterocycles. The van der Waals surface area contributed by atoms with E-state index in [1.165, 1.54) is 4.90 Å². The van der Waals surface area contributed by atoms with Crippen molar-refractivity contribution in [1.82, 2.24) is 15.2 Å². The summed E-state index contributed by atoms with van der Waals surface area (Å²) in [6.45, 7) is 6.42. The number of carbonyl (C=O) groups excluding carboxylic acids is 2. The van der Waals surface area contributed by atoms with Crippen LogP contribution < -0.4 is 5.32 Å². The predicted octanol–water partition coefficient (Wildman–Crippen LogP) is 2.10. The third kappa shape index (κ3) is 4.44. The lowest BCUT2D eigenvalue weighted by Gasteiger charge is -2.28. The summed E-state index contributed by atoms with van der Waals surface area (Å²) in [7, 11) is 0. The molecule has 6 nitrogen and oxygen atoms in total. The fourth-order valence-corrected chi connectivity index (χ4v) is 2.39. The van der Waals surface area contributed by atoms with Crippen LogP contribution in [0.1, 0.15) is 39.2 Å². The molecule has 0 aliphatic carbocycles. The molecular formula is C16H23N3O3. The Bertz CT molecular complexity index is 525. The van der Waals surface area contributed by atoms with E-state index in [2.05, 4.69) is 10.3 Å². The molecule has 0 aromatic carbocycles. The number of pyridine rings is 1. The molecule has 22 heavy (non-hydrogen) atoms. The van der Waals surface area contributed by atoms with Crippen molar-refractivity contribution in [2.75, 3.05) is 6.54 Å². The van der Waals surface area contributed by atoms with Gasteiger partial charge in [0.25, 0.3) is 0 Å². The molecule has 6 heteroatoms. The third-order valence-corrected chi connectivity index (χ3v) is 3.37. The number of rotatable bonds is 3. The smallest absolute Gasteiger partial charge is 0.410 e. The summed E-state index contributed by atoms with van der Waals surface area (Å²) >= 11 is 0. The van der Waals surface area contributed by atoms with Crippen molar-refractivity contribution in [3.63, 3.8) is 0 Å². The molecule has 1 aromatic rings. The normalized spacial score (nSPS) is 18.1. The fourth-order valence-electron chi connectivity index (χ4n) is 2.39. The molecule has 2 heterocycles. The molecule has 0 saturated carbocycles. The highest BCUT2D eigenvalue weighted by atomic mass is 16.6. The Morgan fingerprint density at radius 2 is 2.23 bits per heavy atom. The monoisotopic (exact) mass is 305 g/mol. The van der Waals surface area contributed by atoms with Gasteiger partial charge in [-0.1, -0.05) is 6.07 Å². The van der Waals surface area contributed by atoms with Crippen molar-refractivity contribution in [3.8, 4) is 0 Å². The van der Waals surface area contributed by atoms with Crippen molar-refractivity contribution < 1.29 is 14.3 Å². The van der Waals surface area contributed by atoms with Gasteiger partial charge in [0, 0.05) is 25.5 Å². The summed E-state index contributed by atoms with van der Waals surface area (Å²) in [6.07, 6.45) is 4.45. The lowest BCUT2D eigenvalue weighted by Crippen LogP contribution is -2.47. The summed E-state index contributed by atoms with van der Waals surface area (Å²) in [5, 5.41) is 2.86. The zero-order valence-corrected chi connectivity index (χ0v) is 13.3. The Kier molecular flexibility index (Phi) is 5.00. The van der Waals surface area contributed by atoms with Crippen molar-refractivity contribution in [3.05, 3.63) is 30.1 Å². The van der Waals surface area contributed by atoms with Gasteiger partial charge in [-0.25, -0.2) is 4.79 Å². The van der Waals surface area contributed by atoms with E-state index in [0.29, 0.717) is 19.5 Å². The largest absolute Gasteiger partial charge is 0.444 e. The first kappa shape index (κ1) is 16.3. The molecule has 1 atom stereocenters. The molecular weight excluding hydrogens is 282 g/mol. The van der Waals surface area contributed by atoms with Crippen molar-refractivity contribution in [2.45, 2.75) is 51.8 Å². The van der Waals surface area contributed by atoms with E-state index >= 15 is 0 Å². The second-order valence-electron chi connectivity index (χ2n) is 6.41. The SMILES string of the molecule is CC(C)(C)OC(=O)N1CCC[C@H]1C(=O)NCc1cccnc1. The van der Waals surface area contributed by atoms with Crippen LogP contribution in [0.3, 0.4) is 0 Å². The van der Waals surface area contributed by atoms with E-state index in [-0.39, 0.29) is 5.91 Å². The molecule has 1 aliphatic rings. The average Bonchev–Trinajstić information content (AvgIpc) is 2.93. The maximum atomic E-state index is 12.3. The second-order valence-corrected chi connectivity index (χ2v) is 6.41. The Balaban J connectivity index is 1.92. The minimum Gasteiger partial charge on any atom is -0.444 e. The molecule has 1 aliphatic heterocycles. The molecule has 0 unspecified atom stereocenters. The third-order valence-electron chi connectivity index (χ3n) is 3.37. The van der Waals surface area contributed by atoms with Crippen molar-refractivity contribution in [2.24, 2.45) is 0 Å². The van der Waals surface area contributed by atoms with Crippen LogP contribution in [0.15, 0.2) is 24.5 Å². The van der Waals surface area contributed by atoms with Gasteiger partial charge < -0.3 is 10.1 Å². The van der Waals surface area contributed by atoms with Crippen LogP contribution in [0.4, 0.5) is 4.79 Å². The van der Waals surface area contributed by atoms with Crippen LogP contribution >= 0.6 is 0 Å². The Labute approximate surface area is 130 Å². The number of nitrogens with zero attached hydrogens (tertiary/aromatic N) is 2. The van der Waals surface area contributed by atoms with Gasteiger partial charge in [-0.15, -0.1) is 0 Å². The highest BCUT2D eigenvalue weighted by Gasteiger charge is 2.36. The molecule has 2 rings (SSSR count). The van der Waals surface area contributed by atoms with Gasteiger partial charge in [0.05, 0.1) is 0 Å². The summed E-state index contributed by atoms with van der Waals surface area (Å²) in [5.74, 6) is -0.146. The number of nitrogens with one attached hydrogen (secondary N) is 1. The second kappa shape index (κ2) is 6.77. The van der Waals surface area contributed by atoms with E-state index in [0.717, 1.165) is 12.0 Å². The van der Waals surface area contributed by atoms with E-state index in [1.807, 2.05) is 32.9 Å². The van der Waals surface area contributed by atoms with Crippen LogP contribution in [0.2, 0.25) is 0 Å². The van der Waals surface area contributed by atoms with Gasteiger partial charge in [-0.3, -0.25) is 14.7 Å². The number of ether oxygens (including phenoxy) is 1. The number of carbonyl (C=O) groups is 2. The summed E-state index contributed by atoms with van der Waals surface area (Å²) in [4.78, 5) is 30.0. The van der Waals surface area contributed by atoms with E-state index < -0.39 is 17.7 Å². The average molecular weight is 305 g/mol. The minimum absolute atomic E-state index is 0.146. The summed E-state index contributed by atoms with van der Waals surface area (Å²) < 4.78 is 5.36. The van der Waals surface area contributed by atoms with Gasteiger partial charge >= 0.3 is 6.09 Å². The van der Waals surface area contributed by atoms with Gasteiger partial charge in [0.2, 0.25) is 5.91 Å². The van der Waals surface area contributed by atoms with E-state index in [1.54, 1.807) is 12.4 Å². The lowest BCUT2D eigenvalue weighted by atomic mass is 10.2. The number of aromatic nitrogens is 1. The van der Waals surface area contributed by atoms with Gasteiger partial charge in [0.15, 0.2) is 0 Å². The van der Waals surface area contributed by atoms with Gasteiger partial charge in [-0.2, -0.15) is 0 Å². The molecule has 120 valence electrons. The van der Waals surface area contributed by atoms with Crippen LogP contribution in [0.5, 0.6) is 0 Å². The van der Waals surface area contributed by atoms with Crippen LogP contribution in [0, 0.1) is 0 Å². The zero-order chi connectivity index (χ0) is 16.2. The Hall–Kier alpha value is -2.11. The van der Waals surface area contributed by atoms with E-state index in [9.17, 15) is 9.59 Å². The first-order valence-corrected chi connectivity index (χ1v) is 7.53. The highest BCUT2D eigenvalue weighted by molar-refractivity contribution is 5.86. The quantitative estimate of drug-likeness (QED) is 0.928. The maximum Gasteiger partial charge on any atom is 0.410 e. The molecule has 1 fully saturated rings. The van der Waals surface area contributed by atoms with Crippen LogP contribution in [0.25, 0.3) is 0 Å². The lowest BCUT2D eigenvalue weighted by molar-refractivity contribution is -0.125.